The summed E-state index contributed by atoms with van der Waals surface area (Å²) in [5, 5.41) is 11.5. The molecule has 0 saturated carbocycles. The number of amides is 1. The molecule has 4 nitrogen and oxygen atoms in total. The predicted octanol–water partition coefficient (Wildman–Crippen LogP) is 3.08. The van der Waals surface area contributed by atoms with Crippen LogP contribution in [0.2, 0.25) is 0 Å². The molecule has 2 N–H and O–H groups in total. The fraction of sp³-hybridized carbons (Fsp3) is 0.0667. The summed E-state index contributed by atoms with van der Waals surface area (Å²) in [6, 6.07) is 10.1. The number of hydrogen-bond donors (Lipinski definition) is 2. The number of benzene rings is 2. The van der Waals surface area contributed by atoms with Gasteiger partial charge in [0.25, 0.3) is 5.91 Å². The van der Waals surface area contributed by atoms with Crippen LogP contribution in [0.25, 0.3) is 0 Å². The highest BCUT2D eigenvalue weighted by Gasteiger charge is 2.14. The zero-order valence-electron chi connectivity index (χ0n) is 10.7. The Labute approximate surface area is 114 Å². The van der Waals surface area contributed by atoms with Crippen molar-refractivity contribution in [1.29, 1.82) is 0 Å². The van der Waals surface area contributed by atoms with Crippen LogP contribution in [-0.4, -0.2) is 17.0 Å². The molecule has 0 aromatic heterocycles. The molecule has 0 aliphatic rings. The first-order chi connectivity index (χ1) is 9.50. The van der Waals surface area contributed by atoms with Crippen molar-refractivity contribution in [3.05, 3.63) is 65.0 Å². The average Bonchev–Trinajstić information content (AvgIpc) is 2.41. The fourth-order valence-corrected chi connectivity index (χ4v) is 1.84. The third-order valence-electron chi connectivity index (χ3n) is 2.93. The van der Waals surface area contributed by atoms with E-state index in [4.69, 9.17) is 5.11 Å². The molecule has 20 heavy (non-hydrogen) atoms. The van der Waals surface area contributed by atoms with Gasteiger partial charge in [-0.1, -0.05) is 18.2 Å². The van der Waals surface area contributed by atoms with Gasteiger partial charge in [-0.25, -0.2) is 9.18 Å². The van der Waals surface area contributed by atoms with Crippen LogP contribution in [0.15, 0.2) is 42.5 Å². The second-order valence-electron chi connectivity index (χ2n) is 4.22. The largest absolute Gasteiger partial charge is 0.478 e. The number of rotatable bonds is 3. The normalized spacial score (nSPS) is 10.1. The molecule has 1 amide bonds. The number of aromatic carboxylic acids is 1. The van der Waals surface area contributed by atoms with Crippen LogP contribution in [0.1, 0.15) is 26.3 Å². The molecule has 0 saturated heterocycles. The lowest BCUT2D eigenvalue weighted by atomic mass is 10.1. The van der Waals surface area contributed by atoms with Crippen LogP contribution in [-0.2, 0) is 0 Å². The van der Waals surface area contributed by atoms with Crippen molar-refractivity contribution < 1.29 is 19.1 Å². The highest BCUT2D eigenvalue weighted by Crippen LogP contribution is 2.20. The summed E-state index contributed by atoms with van der Waals surface area (Å²) in [6.45, 7) is 1.58. The smallest absolute Gasteiger partial charge is 0.336 e. The van der Waals surface area contributed by atoms with Gasteiger partial charge in [-0.2, -0.15) is 0 Å². The zero-order chi connectivity index (χ0) is 14.7. The van der Waals surface area contributed by atoms with E-state index in [9.17, 15) is 14.0 Å². The van der Waals surface area contributed by atoms with E-state index < -0.39 is 17.7 Å². The maximum Gasteiger partial charge on any atom is 0.336 e. The summed E-state index contributed by atoms with van der Waals surface area (Å²) in [7, 11) is 0. The quantitative estimate of drug-likeness (QED) is 0.903. The Morgan fingerprint density at radius 1 is 1.05 bits per heavy atom. The summed E-state index contributed by atoms with van der Waals surface area (Å²) in [5.74, 6) is -2.32. The van der Waals surface area contributed by atoms with Crippen molar-refractivity contribution in [2.45, 2.75) is 6.92 Å². The number of hydrogen-bond acceptors (Lipinski definition) is 2. The number of carboxylic acids is 1. The maximum absolute atomic E-state index is 13.5. The lowest BCUT2D eigenvalue weighted by Crippen LogP contribution is -2.15. The number of carbonyl (C=O) groups is 2. The van der Waals surface area contributed by atoms with Crippen LogP contribution < -0.4 is 5.32 Å². The van der Waals surface area contributed by atoms with E-state index in [1.54, 1.807) is 19.1 Å². The number of carbonyl (C=O) groups excluding carboxylic acids is 1. The molecule has 0 bridgehead atoms. The molecule has 5 heteroatoms. The highest BCUT2D eigenvalue weighted by atomic mass is 19.1. The minimum absolute atomic E-state index is 0.0902. The molecule has 0 aliphatic carbocycles. The molecule has 0 aliphatic heterocycles. The molecule has 2 rings (SSSR count). The van der Waals surface area contributed by atoms with Gasteiger partial charge in [-0.05, 0) is 36.8 Å². The summed E-state index contributed by atoms with van der Waals surface area (Å²) in [4.78, 5) is 23.0. The second-order valence-corrected chi connectivity index (χ2v) is 4.22. The first-order valence-corrected chi connectivity index (χ1v) is 5.89. The first-order valence-electron chi connectivity index (χ1n) is 5.89. The minimum Gasteiger partial charge on any atom is -0.478 e. The number of carboxylic acid groups (broad SMARTS) is 1. The van der Waals surface area contributed by atoms with Crippen molar-refractivity contribution in [3.63, 3.8) is 0 Å². The fourth-order valence-electron chi connectivity index (χ4n) is 1.84. The second kappa shape index (κ2) is 5.52. The Balaban J connectivity index is 2.32. The van der Waals surface area contributed by atoms with Gasteiger partial charge in [0.15, 0.2) is 0 Å². The molecule has 0 fully saturated rings. The third kappa shape index (κ3) is 2.66. The summed E-state index contributed by atoms with van der Waals surface area (Å²) < 4.78 is 13.5. The number of nitrogens with one attached hydrogen (secondary N) is 1. The van der Waals surface area contributed by atoms with E-state index in [1.807, 2.05) is 0 Å². The van der Waals surface area contributed by atoms with Crippen molar-refractivity contribution in [2.24, 2.45) is 0 Å². The minimum atomic E-state index is -1.08. The van der Waals surface area contributed by atoms with Crippen molar-refractivity contribution in [3.8, 4) is 0 Å². The predicted molar refractivity (Wildman–Crippen MR) is 72.5 cm³/mol. The molecule has 0 radical (unpaired) electrons. The molecule has 0 spiro atoms. The van der Waals surface area contributed by atoms with Gasteiger partial charge in [0.1, 0.15) is 5.82 Å². The molecule has 0 heterocycles. The molecule has 0 atom stereocenters. The van der Waals surface area contributed by atoms with Crippen LogP contribution in [0.4, 0.5) is 10.1 Å². The third-order valence-corrected chi connectivity index (χ3v) is 2.93. The van der Waals surface area contributed by atoms with Crippen LogP contribution in [0.3, 0.4) is 0 Å². The van der Waals surface area contributed by atoms with Gasteiger partial charge in [-0.3, -0.25) is 4.79 Å². The molecule has 2 aromatic carbocycles. The SMILES string of the molecule is Cc1c(NC(=O)c2ccccc2F)cccc1C(=O)O. The van der Waals surface area contributed by atoms with E-state index >= 15 is 0 Å². The van der Waals surface area contributed by atoms with E-state index in [0.717, 1.165) is 0 Å². The van der Waals surface area contributed by atoms with Gasteiger partial charge in [0, 0.05) is 5.69 Å². The topological polar surface area (TPSA) is 66.4 Å². The Morgan fingerprint density at radius 3 is 2.35 bits per heavy atom. The number of halogens is 1. The van der Waals surface area contributed by atoms with E-state index in [0.29, 0.717) is 11.3 Å². The Kier molecular flexibility index (Phi) is 3.79. The van der Waals surface area contributed by atoms with Gasteiger partial charge in [0.2, 0.25) is 0 Å². The van der Waals surface area contributed by atoms with Gasteiger partial charge >= 0.3 is 5.97 Å². The van der Waals surface area contributed by atoms with E-state index in [-0.39, 0.29) is 11.1 Å². The summed E-state index contributed by atoms with van der Waals surface area (Å²) in [5.41, 5.74) is 0.770. The average molecular weight is 273 g/mol. The maximum atomic E-state index is 13.5. The van der Waals surface area contributed by atoms with Crippen LogP contribution in [0, 0.1) is 12.7 Å². The van der Waals surface area contributed by atoms with E-state index in [1.165, 1.54) is 30.3 Å². The molecule has 102 valence electrons. The summed E-state index contributed by atoms with van der Waals surface area (Å²) >= 11 is 0. The number of anilines is 1. The lowest BCUT2D eigenvalue weighted by Gasteiger charge is -2.10. The Bertz CT molecular complexity index is 683. The zero-order valence-corrected chi connectivity index (χ0v) is 10.7. The first kappa shape index (κ1) is 13.7. The molecular formula is C15H12FNO3. The van der Waals surface area contributed by atoms with Gasteiger partial charge < -0.3 is 10.4 Å². The van der Waals surface area contributed by atoms with Gasteiger partial charge in [-0.15, -0.1) is 0 Å². The lowest BCUT2D eigenvalue weighted by molar-refractivity contribution is 0.0695. The molecule has 2 aromatic rings. The van der Waals surface area contributed by atoms with Crippen molar-refractivity contribution >= 4 is 17.6 Å². The van der Waals surface area contributed by atoms with Gasteiger partial charge in [0.05, 0.1) is 11.1 Å². The highest BCUT2D eigenvalue weighted by molar-refractivity contribution is 6.05. The summed E-state index contributed by atoms with van der Waals surface area (Å²) in [6.07, 6.45) is 0. The van der Waals surface area contributed by atoms with Crippen LogP contribution in [0.5, 0.6) is 0 Å². The standard InChI is InChI=1S/C15H12FNO3/c1-9-10(15(19)20)6-4-8-13(9)17-14(18)11-5-2-3-7-12(11)16/h2-8H,1H3,(H,17,18)(H,19,20). The monoisotopic (exact) mass is 273 g/mol. The van der Waals surface area contributed by atoms with E-state index in [2.05, 4.69) is 5.32 Å². The Morgan fingerprint density at radius 2 is 1.70 bits per heavy atom. The Hall–Kier alpha value is -2.69. The molecule has 0 unspecified atom stereocenters. The van der Waals surface area contributed by atoms with Crippen molar-refractivity contribution in [2.75, 3.05) is 5.32 Å². The van der Waals surface area contributed by atoms with Crippen LogP contribution >= 0.6 is 0 Å². The van der Waals surface area contributed by atoms with Crippen molar-refractivity contribution in [1.82, 2.24) is 0 Å². The molecular weight excluding hydrogens is 261 g/mol.